The summed E-state index contributed by atoms with van der Waals surface area (Å²) >= 11 is 0. The lowest BCUT2D eigenvalue weighted by Gasteiger charge is -2.26. The Morgan fingerprint density at radius 1 is 1.44 bits per heavy atom. The first-order valence-electron chi connectivity index (χ1n) is 5.77. The molecule has 0 saturated carbocycles. The third-order valence-electron chi connectivity index (χ3n) is 2.79. The van der Waals surface area contributed by atoms with E-state index < -0.39 is 5.97 Å². The van der Waals surface area contributed by atoms with Crippen LogP contribution in [0.4, 0.5) is 5.69 Å². The van der Waals surface area contributed by atoms with Gasteiger partial charge in [0.25, 0.3) is 0 Å². The van der Waals surface area contributed by atoms with Crippen molar-refractivity contribution >= 4 is 17.7 Å². The molecule has 1 atom stereocenters. The molecule has 4 heteroatoms. The van der Waals surface area contributed by atoms with Gasteiger partial charge in [0.15, 0.2) is 0 Å². The van der Waals surface area contributed by atoms with Crippen LogP contribution in [0.2, 0.25) is 0 Å². The van der Waals surface area contributed by atoms with Crippen LogP contribution >= 0.6 is 0 Å². The Morgan fingerprint density at radius 2 is 2.06 bits per heavy atom. The molecular weight excluding hydrogens is 230 g/mol. The largest absolute Gasteiger partial charge is 0.478 e. The van der Waals surface area contributed by atoms with E-state index in [-0.39, 0.29) is 6.04 Å². The summed E-state index contributed by atoms with van der Waals surface area (Å²) in [5.41, 5.74) is 1.95. The van der Waals surface area contributed by atoms with Crippen molar-refractivity contribution in [2.24, 2.45) is 0 Å². The summed E-state index contributed by atoms with van der Waals surface area (Å²) in [6, 6.07) is 8.01. The van der Waals surface area contributed by atoms with Gasteiger partial charge in [-0.05, 0) is 30.7 Å². The number of rotatable bonds is 6. The van der Waals surface area contributed by atoms with E-state index in [0.29, 0.717) is 6.61 Å². The van der Waals surface area contributed by atoms with Crippen molar-refractivity contribution in [3.05, 3.63) is 35.9 Å². The molecule has 18 heavy (non-hydrogen) atoms. The number of hydrogen-bond donors (Lipinski definition) is 1. The second-order valence-electron chi connectivity index (χ2n) is 4.18. The molecule has 0 radical (unpaired) electrons. The van der Waals surface area contributed by atoms with E-state index in [1.807, 2.05) is 31.3 Å². The number of carbonyl (C=O) groups is 1. The van der Waals surface area contributed by atoms with Crippen molar-refractivity contribution in [1.29, 1.82) is 0 Å². The average molecular weight is 249 g/mol. The molecule has 0 bridgehead atoms. The van der Waals surface area contributed by atoms with E-state index in [9.17, 15) is 4.79 Å². The Bertz CT molecular complexity index is 412. The van der Waals surface area contributed by atoms with E-state index in [2.05, 4.69) is 11.8 Å². The van der Waals surface area contributed by atoms with Crippen LogP contribution in [0, 0.1) is 0 Å². The molecule has 0 fully saturated rings. The van der Waals surface area contributed by atoms with E-state index >= 15 is 0 Å². The Kier molecular flexibility index (Phi) is 5.39. The standard InChI is InChI=1S/C14H19NO3/c1-11(10-18-3)15(2)13-7-4-12(5-8-13)6-9-14(16)17/h4-9,11H,10H2,1-3H3,(H,16,17). The Morgan fingerprint density at radius 3 is 2.56 bits per heavy atom. The topological polar surface area (TPSA) is 49.8 Å². The highest BCUT2D eigenvalue weighted by atomic mass is 16.5. The SMILES string of the molecule is COCC(C)N(C)c1ccc(C=CC(=O)O)cc1. The minimum atomic E-state index is -0.940. The van der Waals surface area contributed by atoms with Gasteiger partial charge in [0.05, 0.1) is 6.61 Å². The summed E-state index contributed by atoms with van der Waals surface area (Å²) < 4.78 is 5.12. The number of aliphatic carboxylic acids is 1. The van der Waals surface area contributed by atoms with Crippen molar-refractivity contribution in [1.82, 2.24) is 0 Å². The van der Waals surface area contributed by atoms with Crippen LogP contribution in [0.1, 0.15) is 12.5 Å². The van der Waals surface area contributed by atoms with Gasteiger partial charge in [-0.25, -0.2) is 4.79 Å². The van der Waals surface area contributed by atoms with E-state index in [1.165, 1.54) is 0 Å². The molecular formula is C14H19NO3. The van der Waals surface area contributed by atoms with Crippen LogP contribution in [0.15, 0.2) is 30.3 Å². The maximum atomic E-state index is 10.4. The molecule has 98 valence electrons. The van der Waals surface area contributed by atoms with Crippen molar-refractivity contribution in [3.63, 3.8) is 0 Å². The molecule has 1 unspecified atom stereocenters. The molecule has 0 aliphatic carbocycles. The average Bonchev–Trinajstić information content (AvgIpc) is 2.36. The Labute approximate surface area is 107 Å². The van der Waals surface area contributed by atoms with Crippen LogP contribution in [0.3, 0.4) is 0 Å². The number of likely N-dealkylation sites (N-methyl/N-ethyl adjacent to an activating group) is 1. The fourth-order valence-electron chi connectivity index (χ4n) is 1.60. The van der Waals surface area contributed by atoms with Gasteiger partial charge in [0.1, 0.15) is 0 Å². The van der Waals surface area contributed by atoms with Gasteiger partial charge in [0.2, 0.25) is 0 Å². The van der Waals surface area contributed by atoms with Gasteiger partial charge in [-0.15, -0.1) is 0 Å². The molecule has 1 aromatic rings. The molecule has 0 aliphatic rings. The van der Waals surface area contributed by atoms with Crippen molar-refractivity contribution in [2.45, 2.75) is 13.0 Å². The fourth-order valence-corrected chi connectivity index (χ4v) is 1.60. The first kappa shape index (κ1) is 14.3. The lowest BCUT2D eigenvalue weighted by molar-refractivity contribution is -0.131. The second kappa shape index (κ2) is 6.81. The van der Waals surface area contributed by atoms with E-state index in [0.717, 1.165) is 17.3 Å². The Hall–Kier alpha value is -1.81. The summed E-state index contributed by atoms with van der Waals surface area (Å²) in [5, 5.41) is 8.54. The highest BCUT2D eigenvalue weighted by molar-refractivity contribution is 5.85. The number of ether oxygens (including phenoxy) is 1. The van der Waals surface area contributed by atoms with Gasteiger partial charge in [-0.3, -0.25) is 0 Å². The molecule has 1 rings (SSSR count). The van der Waals surface area contributed by atoms with Gasteiger partial charge in [0, 0.05) is 32.0 Å². The predicted octanol–water partition coefficient (Wildman–Crippen LogP) is 2.26. The molecule has 0 aliphatic heterocycles. The summed E-state index contributed by atoms with van der Waals surface area (Å²) in [5.74, 6) is -0.940. The van der Waals surface area contributed by atoms with Crippen LogP contribution in [-0.2, 0) is 9.53 Å². The smallest absolute Gasteiger partial charge is 0.328 e. The summed E-state index contributed by atoms with van der Waals surface area (Å²) in [7, 11) is 3.69. The lowest BCUT2D eigenvalue weighted by Crippen LogP contribution is -2.32. The first-order chi connectivity index (χ1) is 8.54. The zero-order valence-corrected chi connectivity index (χ0v) is 11.0. The fraction of sp³-hybridized carbons (Fsp3) is 0.357. The third-order valence-corrected chi connectivity index (χ3v) is 2.79. The number of nitrogens with zero attached hydrogens (tertiary/aromatic N) is 1. The van der Waals surface area contributed by atoms with Crippen LogP contribution < -0.4 is 4.90 Å². The summed E-state index contributed by atoms with van der Waals surface area (Å²) in [4.78, 5) is 12.5. The van der Waals surface area contributed by atoms with Crippen LogP contribution in [0.25, 0.3) is 6.08 Å². The monoisotopic (exact) mass is 249 g/mol. The maximum absolute atomic E-state index is 10.4. The number of hydrogen-bond acceptors (Lipinski definition) is 3. The van der Waals surface area contributed by atoms with E-state index in [1.54, 1.807) is 13.2 Å². The molecule has 0 amide bonds. The van der Waals surface area contributed by atoms with Crippen molar-refractivity contribution in [3.8, 4) is 0 Å². The van der Waals surface area contributed by atoms with Crippen molar-refractivity contribution < 1.29 is 14.6 Å². The molecule has 0 saturated heterocycles. The highest BCUT2D eigenvalue weighted by Crippen LogP contribution is 2.17. The van der Waals surface area contributed by atoms with Gasteiger partial charge in [-0.2, -0.15) is 0 Å². The highest BCUT2D eigenvalue weighted by Gasteiger charge is 2.08. The summed E-state index contributed by atoms with van der Waals surface area (Å²) in [6.07, 6.45) is 2.71. The minimum absolute atomic E-state index is 0.287. The molecule has 1 aromatic carbocycles. The number of carboxylic acids is 1. The molecule has 1 N–H and O–H groups in total. The maximum Gasteiger partial charge on any atom is 0.328 e. The number of benzene rings is 1. The van der Waals surface area contributed by atoms with Gasteiger partial charge >= 0.3 is 5.97 Å². The molecule has 4 nitrogen and oxygen atoms in total. The Balaban J connectivity index is 2.73. The normalized spacial score (nSPS) is 12.6. The second-order valence-corrected chi connectivity index (χ2v) is 4.18. The van der Waals surface area contributed by atoms with Crippen molar-refractivity contribution in [2.75, 3.05) is 25.7 Å². The quantitative estimate of drug-likeness (QED) is 0.786. The molecule has 0 heterocycles. The number of carboxylic acid groups (broad SMARTS) is 1. The predicted molar refractivity (Wildman–Crippen MR) is 72.9 cm³/mol. The van der Waals surface area contributed by atoms with Gasteiger partial charge in [-0.1, -0.05) is 12.1 Å². The molecule has 0 aromatic heterocycles. The lowest BCUT2D eigenvalue weighted by atomic mass is 10.1. The zero-order chi connectivity index (χ0) is 13.5. The summed E-state index contributed by atoms with van der Waals surface area (Å²) in [6.45, 7) is 2.75. The van der Waals surface area contributed by atoms with E-state index in [4.69, 9.17) is 9.84 Å². The number of anilines is 1. The van der Waals surface area contributed by atoms with Crippen LogP contribution in [-0.4, -0.2) is 37.9 Å². The van der Waals surface area contributed by atoms with Crippen LogP contribution in [0.5, 0.6) is 0 Å². The number of methoxy groups -OCH3 is 1. The molecule has 0 spiro atoms. The van der Waals surface area contributed by atoms with Gasteiger partial charge < -0.3 is 14.7 Å². The minimum Gasteiger partial charge on any atom is -0.478 e. The third kappa shape index (κ3) is 4.22. The first-order valence-corrected chi connectivity index (χ1v) is 5.77. The zero-order valence-electron chi connectivity index (χ0n) is 11.0.